The van der Waals surface area contributed by atoms with Gasteiger partial charge in [0.15, 0.2) is 4.96 Å². The lowest BCUT2D eigenvalue weighted by Gasteiger charge is -2.23. The van der Waals surface area contributed by atoms with E-state index in [2.05, 4.69) is 30.1 Å². The number of aromatic nitrogens is 2. The Balaban J connectivity index is 2.00. The summed E-state index contributed by atoms with van der Waals surface area (Å²) in [5.41, 5.74) is 6.63. The predicted octanol–water partition coefficient (Wildman–Crippen LogP) is 1.89. The minimum absolute atomic E-state index is 0.340. The number of thiocarbonyl (C=S) groups is 1. The van der Waals surface area contributed by atoms with Gasteiger partial charge in [0.05, 0.1) is 10.7 Å². The third kappa shape index (κ3) is 3.02. The van der Waals surface area contributed by atoms with Crippen molar-refractivity contribution >= 4 is 33.5 Å². The van der Waals surface area contributed by atoms with Gasteiger partial charge in [-0.3, -0.25) is 9.30 Å². The molecule has 0 fully saturated rings. The van der Waals surface area contributed by atoms with Crippen molar-refractivity contribution in [2.24, 2.45) is 5.73 Å². The predicted molar refractivity (Wildman–Crippen MR) is 75.4 cm³/mol. The van der Waals surface area contributed by atoms with Crippen LogP contribution in [-0.2, 0) is 6.54 Å². The zero-order valence-electron chi connectivity index (χ0n) is 9.96. The molecule has 1 unspecified atom stereocenters. The van der Waals surface area contributed by atoms with Gasteiger partial charge in [0.2, 0.25) is 0 Å². The van der Waals surface area contributed by atoms with E-state index in [9.17, 15) is 0 Å². The summed E-state index contributed by atoms with van der Waals surface area (Å²) in [5, 5.41) is 2.03. The maximum Gasteiger partial charge on any atom is 0.193 e. The number of hydrogen-bond donors (Lipinski definition) is 1. The van der Waals surface area contributed by atoms with Gasteiger partial charge >= 0.3 is 0 Å². The smallest absolute Gasteiger partial charge is 0.193 e. The van der Waals surface area contributed by atoms with Crippen molar-refractivity contribution in [1.29, 1.82) is 0 Å². The van der Waals surface area contributed by atoms with E-state index >= 15 is 0 Å². The Morgan fingerprint density at radius 1 is 1.71 bits per heavy atom. The molecule has 2 aromatic rings. The lowest BCUT2D eigenvalue weighted by molar-refractivity contribution is 0.253. The first-order valence-electron chi connectivity index (χ1n) is 5.46. The Hall–Kier alpha value is -0.980. The van der Waals surface area contributed by atoms with Crippen LogP contribution >= 0.6 is 23.6 Å². The molecule has 0 amide bonds. The number of fused-ring (bicyclic) bond motifs is 1. The van der Waals surface area contributed by atoms with E-state index in [-0.39, 0.29) is 0 Å². The summed E-state index contributed by atoms with van der Waals surface area (Å²) in [4.78, 5) is 8.37. The highest BCUT2D eigenvalue weighted by Crippen LogP contribution is 2.13. The zero-order chi connectivity index (χ0) is 12.4. The molecule has 17 heavy (non-hydrogen) atoms. The van der Waals surface area contributed by atoms with E-state index in [1.807, 2.05) is 16.0 Å². The van der Waals surface area contributed by atoms with Gasteiger partial charge < -0.3 is 5.73 Å². The number of nitrogens with zero attached hydrogens (tertiary/aromatic N) is 3. The first-order valence-corrected chi connectivity index (χ1v) is 6.74. The molecule has 1 atom stereocenters. The summed E-state index contributed by atoms with van der Waals surface area (Å²) in [6.45, 7) is 2.94. The van der Waals surface area contributed by atoms with Gasteiger partial charge in [0, 0.05) is 36.8 Å². The summed E-state index contributed by atoms with van der Waals surface area (Å²) in [7, 11) is 2.07. The van der Waals surface area contributed by atoms with Gasteiger partial charge in [0.1, 0.15) is 0 Å². The van der Waals surface area contributed by atoms with Crippen LogP contribution in [-0.4, -0.2) is 32.4 Å². The topological polar surface area (TPSA) is 46.6 Å². The molecule has 0 bridgehead atoms. The third-order valence-electron chi connectivity index (χ3n) is 2.80. The molecule has 0 saturated carbocycles. The Morgan fingerprint density at radius 3 is 3.12 bits per heavy atom. The first-order chi connectivity index (χ1) is 8.06. The maximum atomic E-state index is 5.56. The third-order valence-corrected chi connectivity index (χ3v) is 3.74. The van der Waals surface area contributed by atoms with Crippen molar-refractivity contribution in [3.05, 3.63) is 23.5 Å². The van der Waals surface area contributed by atoms with E-state index in [1.165, 1.54) is 0 Å². The van der Waals surface area contributed by atoms with Gasteiger partial charge in [-0.25, -0.2) is 4.98 Å². The summed E-state index contributed by atoms with van der Waals surface area (Å²) < 4.78 is 2.05. The minimum Gasteiger partial charge on any atom is -0.393 e. The Kier molecular flexibility index (Phi) is 3.76. The fourth-order valence-electron chi connectivity index (χ4n) is 1.71. The van der Waals surface area contributed by atoms with Crippen molar-refractivity contribution in [3.8, 4) is 0 Å². The molecule has 0 aliphatic heterocycles. The molecular formula is C11H16N4S2. The van der Waals surface area contributed by atoms with Crippen LogP contribution in [0.3, 0.4) is 0 Å². The summed E-state index contributed by atoms with van der Waals surface area (Å²) in [6.07, 6.45) is 4.83. The zero-order valence-corrected chi connectivity index (χ0v) is 11.6. The monoisotopic (exact) mass is 268 g/mol. The summed E-state index contributed by atoms with van der Waals surface area (Å²) >= 11 is 6.57. The average molecular weight is 268 g/mol. The maximum absolute atomic E-state index is 5.56. The van der Waals surface area contributed by atoms with E-state index in [1.54, 1.807) is 11.3 Å². The molecule has 2 aromatic heterocycles. The van der Waals surface area contributed by atoms with Crippen molar-refractivity contribution in [2.45, 2.75) is 25.9 Å². The van der Waals surface area contributed by atoms with Crippen LogP contribution in [0.2, 0.25) is 0 Å². The molecule has 2 N–H and O–H groups in total. The fourth-order valence-corrected chi connectivity index (χ4v) is 2.67. The molecule has 2 rings (SSSR count). The number of hydrogen-bond acceptors (Lipinski definition) is 4. The van der Waals surface area contributed by atoms with Crippen LogP contribution in [0.1, 0.15) is 19.0 Å². The molecule has 0 saturated heterocycles. The largest absolute Gasteiger partial charge is 0.393 e. The molecule has 2 heterocycles. The summed E-state index contributed by atoms with van der Waals surface area (Å²) in [6, 6.07) is 0.340. The van der Waals surface area contributed by atoms with Crippen molar-refractivity contribution in [3.63, 3.8) is 0 Å². The van der Waals surface area contributed by atoms with Crippen LogP contribution < -0.4 is 5.73 Å². The van der Waals surface area contributed by atoms with Gasteiger partial charge in [-0.1, -0.05) is 12.2 Å². The number of rotatable bonds is 5. The number of nitrogens with two attached hydrogens (primary N) is 1. The first kappa shape index (κ1) is 12.5. The molecule has 0 spiro atoms. The highest BCUT2D eigenvalue weighted by molar-refractivity contribution is 7.80. The molecule has 0 radical (unpaired) electrons. The van der Waals surface area contributed by atoms with Crippen LogP contribution in [0.5, 0.6) is 0 Å². The lowest BCUT2D eigenvalue weighted by Crippen LogP contribution is -2.32. The minimum atomic E-state index is 0.340. The molecule has 4 nitrogen and oxygen atoms in total. The number of thiazole rings is 1. The van der Waals surface area contributed by atoms with E-state index < -0.39 is 0 Å². The molecule has 92 valence electrons. The van der Waals surface area contributed by atoms with E-state index in [0.29, 0.717) is 11.0 Å². The van der Waals surface area contributed by atoms with Crippen molar-refractivity contribution in [2.75, 3.05) is 7.05 Å². The van der Waals surface area contributed by atoms with Crippen LogP contribution in [0, 0.1) is 0 Å². The van der Waals surface area contributed by atoms with E-state index in [0.717, 1.165) is 23.6 Å². The fraction of sp³-hybridized carbons (Fsp3) is 0.455. The average Bonchev–Trinajstić information content (AvgIpc) is 2.76. The highest BCUT2D eigenvalue weighted by atomic mass is 32.1. The van der Waals surface area contributed by atoms with Crippen LogP contribution in [0.4, 0.5) is 0 Å². The van der Waals surface area contributed by atoms with Crippen molar-refractivity contribution < 1.29 is 0 Å². The second-order valence-electron chi connectivity index (χ2n) is 4.26. The van der Waals surface area contributed by atoms with Crippen LogP contribution in [0.15, 0.2) is 17.8 Å². The number of imidazole rings is 1. The van der Waals surface area contributed by atoms with Crippen LogP contribution in [0.25, 0.3) is 4.96 Å². The molecule has 0 aliphatic carbocycles. The van der Waals surface area contributed by atoms with E-state index in [4.69, 9.17) is 18.0 Å². The van der Waals surface area contributed by atoms with Gasteiger partial charge in [-0.2, -0.15) is 0 Å². The lowest BCUT2D eigenvalue weighted by atomic mass is 10.2. The molecular weight excluding hydrogens is 252 g/mol. The van der Waals surface area contributed by atoms with Gasteiger partial charge in [0.25, 0.3) is 0 Å². The van der Waals surface area contributed by atoms with Gasteiger partial charge in [-0.05, 0) is 14.0 Å². The highest BCUT2D eigenvalue weighted by Gasteiger charge is 2.12. The van der Waals surface area contributed by atoms with Gasteiger partial charge in [-0.15, -0.1) is 11.3 Å². The quantitative estimate of drug-likeness (QED) is 0.841. The second-order valence-corrected chi connectivity index (χ2v) is 5.66. The molecule has 0 aliphatic rings. The molecule has 0 aromatic carbocycles. The SMILES string of the molecule is CC(CC(N)=S)N(C)Cc1cn2ccsc2n1. The molecule has 6 heteroatoms. The standard InChI is InChI=1S/C11H16N4S2/c1-8(5-10(12)16)14(2)6-9-7-15-3-4-17-11(15)13-9/h3-4,7-8H,5-6H2,1-2H3,(H2,12,16). The second kappa shape index (κ2) is 5.12. The Morgan fingerprint density at radius 2 is 2.47 bits per heavy atom. The van der Waals surface area contributed by atoms with Crippen molar-refractivity contribution in [1.82, 2.24) is 14.3 Å². The Labute approximate surface area is 110 Å². The normalized spacial score (nSPS) is 13.4. The summed E-state index contributed by atoms with van der Waals surface area (Å²) in [5.74, 6) is 0. The Bertz CT molecular complexity index is 488.